The van der Waals surface area contributed by atoms with Crippen molar-refractivity contribution in [3.8, 4) is 0 Å². The lowest BCUT2D eigenvalue weighted by atomic mass is 10.2. The van der Waals surface area contributed by atoms with Crippen molar-refractivity contribution >= 4 is 17.4 Å². The second kappa shape index (κ2) is 6.75. The Morgan fingerprint density at radius 3 is 2.87 bits per heavy atom. The van der Waals surface area contributed by atoms with Crippen molar-refractivity contribution in [3.05, 3.63) is 53.5 Å². The van der Waals surface area contributed by atoms with E-state index < -0.39 is 5.82 Å². The van der Waals surface area contributed by atoms with Gasteiger partial charge < -0.3 is 15.0 Å². The molecule has 0 aliphatic carbocycles. The molecule has 1 N–H and O–H groups in total. The van der Waals surface area contributed by atoms with Crippen molar-refractivity contribution in [3.63, 3.8) is 0 Å². The van der Waals surface area contributed by atoms with Crippen molar-refractivity contribution in [2.45, 2.75) is 6.92 Å². The average molecular weight is 315 g/mol. The van der Waals surface area contributed by atoms with Gasteiger partial charge in [-0.25, -0.2) is 9.37 Å². The number of pyridine rings is 1. The lowest BCUT2D eigenvalue weighted by Crippen LogP contribution is -2.38. The summed E-state index contributed by atoms with van der Waals surface area (Å²) in [7, 11) is 0. The number of ether oxygens (including phenoxy) is 1. The molecule has 1 fully saturated rings. The molecule has 1 amide bonds. The number of amides is 1. The number of anilines is 2. The molecule has 6 heteroatoms. The summed E-state index contributed by atoms with van der Waals surface area (Å²) in [6, 6.07) is 8.01. The Morgan fingerprint density at radius 2 is 2.09 bits per heavy atom. The number of hydrogen-bond donors (Lipinski definition) is 1. The molecule has 5 nitrogen and oxygen atoms in total. The van der Waals surface area contributed by atoms with Crippen LogP contribution in [0.15, 0.2) is 36.5 Å². The summed E-state index contributed by atoms with van der Waals surface area (Å²) < 4.78 is 19.2. The van der Waals surface area contributed by atoms with Gasteiger partial charge in [-0.1, -0.05) is 6.07 Å². The third-order valence-corrected chi connectivity index (χ3v) is 3.71. The molecule has 0 atom stereocenters. The lowest BCUT2D eigenvalue weighted by molar-refractivity contribution is 0.102. The second-order valence-electron chi connectivity index (χ2n) is 5.41. The molecule has 0 spiro atoms. The minimum atomic E-state index is -0.458. The van der Waals surface area contributed by atoms with Gasteiger partial charge in [0.15, 0.2) is 0 Å². The molecule has 0 unspecified atom stereocenters. The summed E-state index contributed by atoms with van der Waals surface area (Å²) in [6.45, 7) is 4.40. The Bertz CT molecular complexity index is 715. The maximum Gasteiger partial charge on any atom is 0.259 e. The Labute approximate surface area is 134 Å². The minimum Gasteiger partial charge on any atom is -0.378 e. The van der Waals surface area contributed by atoms with Gasteiger partial charge in [-0.2, -0.15) is 0 Å². The number of rotatable bonds is 3. The van der Waals surface area contributed by atoms with Crippen molar-refractivity contribution in [2.24, 2.45) is 0 Å². The smallest absolute Gasteiger partial charge is 0.259 e. The van der Waals surface area contributed by atoms with E-state index in [1.807, 2.05) is 11.8 Å². The summed E-state index contributed by atoms with van der Waals surface area (Å²) >= 11 is 0. The van der Waals surface area contributed by atoms with E-state index >= 15 is 0 Å². The van der Waals surface area contributed by atoms with Gasteiger partial charge in [-0.05, 0) is 36.8 Å². The lowest BCUT2D eigenvalue weighted by Gasteiger charge is -2.29. The predicted molar refractivity (Wildman–Crippen MR) is 86.4 cm³/mol. The van der Waals surface area contributed by atoms with Crippen molar-refractivity contribution in [1.29, 1.82) is 0 Å². The molecule has 120 valence electrons. The van der Waals surface area contributed by atoms with Gasteiger partial charge in [-0.3, -0.25) is 4.79 Å². The van der Waals surface area contributed by atoms with E-state index in [4.69, 9.17) is 4.74 Å². The molecule has 1 aromatic heterocycles. The zero-order valence-corrected chi connectivity index (χ0v) is 12.9. The van der Waals surface area contributed by atoms with Gasteiger partial charge in [0.25, 0.3) is 5.91 Å². The Balaban J connectivity index is 1.86. The van der Waals surface area contributed by atoms with Gasteiger partial charge in [-0.15, -0.1) is 0 Å². The molecular formula is C17H18FN3O2. The number of nitrogens with zero attached hydrogens (tertiary/aromatic N) is 2. The number of aryl methyl sites for hydroxylation is 1. The fraction of sp³-hybridized carbons (Fsp3) is 0.294. The summed E-state index contributed by atoms with van der Waals surface area (Å²) in [5.74, 6) is -0.230. The van der Waals surface area contributed by atoms with E-state index in [0.717, 1.165) is 5.56 Å². The van der Waals surface area contributed by atoms with Crippen LogP contribution in [0.3, 0.4) is 0 Å². The van der Waals surface area contributed by atoms with Crippen LogP contribution in [0.1, 0.15) is 15.9 Å². The molecule has 0 radical (unpaired) electrons. The highest BCUT2D eigenvalue weighted by atomic mass is 19.1. The van der Waals surface area contributed by atoms with E-state index in [1.54, 1.807) is 30.5 Å². The average Bonchev–Trinajstić information content (AvgIpc) is 2.59. The fourth-order valence-corrected chi connectivity index (χ4v) is 2.53. The minimum absolute atomic E-state index is 0.173. The first-order valence-corrected chi connectivity index (χ1v) is 7.50. The van der Waals surface area contributed by atoms with E-state index in [-0.39, 0.29) is 11.6 Å². The SMILES string of the molecule is Cc1ccc(F)c(NC(=O)c2cccnc2N2CCOCC2)c1. The molecule has 1 saturated heterocycles. The number of carbonyl (C=O) groups is 1. The topological polar surface area (TPSA) is 54.5 Å². The van der Waals surface area contributed by atoms with Crippen molar-refractivity contribution in [2.75, 3.05) is 36.5 Å². The number of aromatic nitrogens is 1. The molecule has 0 bridgehead atoms. The maximum absolute atomic E-state index is 13.8. The Kier molecular flexibility index (Phi) is 4.52. The molecule has 0 saturated carbocycles. The molecule has 2 aromatic rings. The van der Waals surface area contributed by atoms with E-state index in [1.165, 1.54) is 6.07 Å². The normalized spacial score (nSPS) is 14.6. The monoisotopic (exact) mass is 315 g/mol. The van der Waals surface area contributed by atoms with E-state index in [9.17, 15) is 9.18 Å². The first kappa shape index (κ1) is 15.4. The highest BCUT2D eigenvalue weighted by Gasteiger charge is 2.20. The van der Waals surface area contributed by atoms with Gasteiger partial charge >= 0.3 is 0 Å². The molecular weight excluding hydrogens is 297 g/mol. The van der Waals surface area contributed by atoms with Gasteiger partial charge in [0.05, 0.1) is 24.5 Å². The summed E-state index contributed by atoms with van der Waals surface area (Å²) in [6.07, 6.45) is 1.65. The number of hydrogen-bond acceptors (Lipinski definition) is 4. The van der Waals surface area contributed by atoms with Crippen LogP contribution < -0.4 is 10.2 Å². The summed E-state index contributed by atoms with van der Waals surface area (Å²) in [4.78, 5) is 18.9. The molecule has 1 aliphatic rings. The van der Waals surface area contributed by atoms with Crippen LogP contribution in [-0.2, 0) is 4.74 Å². The fourth-order valence-electron chi connectivity index (χ4n) is 2.53. The maximum atomic E-state index is 13.8. The Hall–Kier alpha value is -2.47. The number of halogens is 1. The van der Waals surface area contributed by atoms with Crippen LogP contribution in [0.25, 0.3) is 0 Å². The van der Waals surface area contributed by atoms with Crippen LogP contribution in [0.2, 0.25) is 0 Å². The molecule has 2 heterocycles. The second-order valence-corrected chi connectivity index (χ2v) is 5.41. The quantitative estimate of drug-likeness (QED) is 0.946. The first-order valence-electron chi connectivity index (χ1n) is 7.50. The molecule has 3 rings (SSSR count). The standard InChI is InChI=1S/C17H18FN3O2/c1-12-4-5-14(18)15(11-12)20-17(22)13-3-2-6-19-16(13)21-7-9-23-10-8-21/h2-6,11H,7-10H2,1H3,(H,20,22). The summed E-state index contributed by atoms with van der Waals surface area (Å²) in [5.41, 5.74) is 1.48. The summed E-state index contributed by atoms with van der Waals surface area (Å²) in [5, 5.41) is 2.63. The van der Waals surface area contributed by atoms with Gasteiger partial charge in [0, 0.05) is 19.3 Å². The number of nitrogens with one attached hydrogen (secondary N) is 1. The Morgan fingerprint density at radius 1 is 1.30 bits per heavy atom. The first-order chi connectivity index (χ1) is 11.1. The van der Waals surface area contributed by atoms with Crippen LogP contribution >= 0.6 is 0 Å². The number of morpholine rings is 1. The highest BCUT2D eigenvalue weighted by molar-refractivity contribution is 6.07. The molecule has 1 aromatic carbocycles. The predicted octanol–water partition coefficient (Wildman–Crippen LogP) is 2.62. The third kappa shape index (κ3) is 3.48. The van der Waals surface area contributed by atoms with E-state index in [0.29, 0.717) is 37.7 Å². The largest absolute Gasteiger partial charge is 0.378 e. The zero-order chi connectivity index (χ0) is 16.2. The number of benzene rings is 1. The van der Waals surface area contributed by atoms with Crippen LogP contribution in [0.4, 0.5) is 15.9 Å². The van der Waals surface area contributed by atoms with Crippen LogP contribution in [-0.4, -0.2) is 37.2 Å². The zero-order valence-electron chi connectivity index (χ0n) is 12.9. The van der Waals surface area contributed by atoms with E-state index in [2.05, 4.69) is 10.3 Å². The van der Waals surface area contributed by atoms with Crippen LogP contribution in [0.5, 0.6) is 0 Å². The van der Waals surface area contributed by atoms with Crippen molar-refractivity contribution < 1.29 is 13.9 Å². The van der Waals surface area contributed by atoms with Crippen LogP contribution in [0, 0.1) is 12.7 Å². The highest BCUT2D eigenvalue weighted by Crippen LogP contribution is 2.21. The van der Waals surface area contributed by atoms with Crippen molar-refractivity contribution in [1.82, 2.24) is 4.98 Å². The third-order valence-electron chi connectivity index (χ3n) is 3.71. The van der Waals surface area contributed by atoms with Gasteiger partial charge in [0.2, 0.25) is 0 Å². The number of carbonyl (C=O) groups excluding carboxylic acids is 1. The molecule has 23 heavy (non-hydrogen) atoms. The van der Waals surface area contributed by atoms with Gasteiger partial charge in [0.1, 0.15) is 11.6 Å². The molecule has 1 aliphatic heterocycles.